The van der Waals surface area contributed by atoms with Crippen molar-refractivity contribution >= 4 is 82.0 Å². The van der Waals surface area contributed by atoms with E-state index >= 15 is 9.59 Å². The van der Waals surface area contributed by atoms with E-state index in [-0.39, 0.29) is 46.1 Å². The molecule has 10 aromatic carbocycles. The number of carbonyl (C=O) groups is 2. The van der Waals surface area contributed by atoms with E-state index in [2.05, 4.69) is 180 Å². The molecule has 0 radical (unpaired) electrons. The van der Waals surface area contributed by atoms with Crippen LogP contribution >= 0.6 is 0 Å². The zero-order valence-corrected chi connectivity index (χ0v) is 34.8. The predicted molar refractivity (Wildman–Crippen MR) is 259 cm³/mol. The van der Waals surface area contributed by atoms with Crippen molar-refractivity contribution in [3.8, 4) is 0 Å². The summed E-state index contributed by atoms with van der Waals surface area (Å²) in [5, 5.41) is 12.1. The molecule has 6 aliphatic carbocycles. The lowest BCUT2D eigenvalue weighted by molar-refractivity contribution is 0.0839. The normalized spacial score (nSPS) is 24.5. The second kappa shape index (κ2) is 10.2. The Labute approximate surface area is 371 Å². The Kier molecular flexibility index (Phi) is 5.15. The Balaban J connectivity index is 0.997. The second-order valence-electron chi connectivity index (χ2n) is 20.0. The number of carbonyl (C=O) groups excluding carboxylic acids is 2. The second-order valence-corrected chi connectivity index (χ2v) is 20.0. The lowest BCUT2D eigenvalue weighted by atomic mass is 9.36. The van der Waals surface area contributed by atoms with Gasteiger partial charge < -0.3 is 4.40 Å². The Morgan fingerprint density at radius 2 is 0.800 bits per heavy atom. The molecule has 2 heterocycles. The SMILES string of the molecule is O=C1c2cc3c(cc2C2c4ccccc4C24c2ccccc2C14)c1cc2c4ccc5ccccc5c4ccc2c2c4cc5c(cc4n3c12)C(=O)C1c2ccccc2C12c1ccccc1C52. The molecule has 6 unspecified atom stereocenters. The van der Waals surface area contributed by atoms with Crippen LogP contribution in [-0.4, -0.2) is 16.0 Å². The number of aromatic nitrogens is 1. The molecule has 0 N–H and O–H groups in total. The minimum Gasteiger partial charge on any atom is -0.308 e. The summed E-state index contributed by atoms with van der Waals surface area (Å²) in [6.45, 7) is 0. The Bertz CT molecular complexity index is 4400. The lowest BCUT2D eigenvalue weighted by Gasteiger charge is -2.64. The maximum Gasteiger partial charge on any atom is 0.171 e. The van der Waals surface area contributed by atoms with E-state index in [1.165, 1.54) is 93.0 Å². The fourth-order valence-electron chi connectivity index (χ4n) is 15.8. The third-order valence-electron chi connectivity index (χ3n) is 18.0. The first-order valence-electron chi connectivity index (χ1n) is 23.1. The summed E-state index contributed by atoms with van der Waals surface area (Å²) >= 11 is 0. The van der Waals surface area contributed by atoms with Gasteiger partial charge in [0.05, 0.1) is 28.4 Å². The van der Waals surface area contributed by atoms with E-state index in [4.69, 9.17) is 0 Å². The van der Waals surface area contributed by atoms with Crippen LogP contribution in [0.3, 0.4) is 0 Å². The summed E-state index contributed by atoms with van der Waals surface area (Å²) in [4.78, 5) is 30.7. The Hall–Kier alpha value is -7.88. The molecule has 6 atom stereocenters. The predicted octanol–water partition coefficient (Wildman–Crippen LogP) is 13.7. The van der Waals surface area contributed by atoms with E-state index < -0.39 is 0 Å². The fraction of sp³-hybridized carbons (Fsp3) is 0.0968. The maximum absolute atomic E-state index is 15.3. The van der Waals surface area contributed by atoms with Gasteiger partial charge in [-0.1, -0.05) is 146 Å². The fourth-order valence-corrected chi connectivity index (χ4v) is 15.8. The van der Waals surface area contributed by atoms with E-state index in [0.29, 0.717) is 0 Å². The third kappa shape index (κ3) is 3.13. The highest BCUT2D eigenvalue weighted by Crippen LogP contribution is 2.75. The Morgan fingerprint density at radius 1 is 0.338 bits per heavy atom. The smallest absolute Gasteiger partial charge is 0.171 e. The summed E-state index contributed by atoms with van der Waals surface area (Å²) in [5.41, 5.74) is 16.7. The number of nitrogens with zero attached hydrogens (tertiary/aromatic N) is 1. The van der Waals surface area contributed by atoms with Crippen molar-refractivity contribution < 1.29 is 9.59 Å². The van der Waals surface area contributed by atoms with Gasteiger partial charge in [-0.15, -0.1) is 0 Å². The molecule has 2 spiro atoms. The summed E-state index contributed by atoms with van der Waals surface area (Å²) in [6, 6.07) is 64.7. The average molecular weight is 824 g/mol. The maximum atomic E-state index is 15.3. The van der Waals surface area contributed by atoms with Gasteiger partial charge in [-0.2, -0.15) is 0 Å². The summed E-state index contributed by atoms with van der Waals surface area (Å²) < 4.78 is 2.43. The van der Waals surface area contributed by atoms with Crippen molar-refractivity contribution in [1.29, 1.82) is 0 Å². The first-order chi connectivity index (χ1) is 32.1. The van der Waals surface area contributed by atoms with Crippen LogP contribution < -0.4 is 0 Å². The molecule has 0 bridgehead atoms. The zero-order chi connectivity index (χ0) is 42.0. The van der Waals surface area contributed by atoms with E-state index in [9.17, 15) is 0 Å². The molecule has 18 rings (SSSR count). The van der Waals surface area contributed by atoms with Crippen LogP contribution in [0, 0.1) is 0 Å². The van der Waals surface area contributed by atoms with Crippen LogP contribution in [0.4, 0.5) is 0 Å². The zero-order valence-electron chi connectivity index (χ0n) is 34.8. The van der Waals surface area contributed by atoms with Crippen molar-refractivity contribution in [2.24, 2.45) is 0 Å². The van der Waals surface area contributed by atoms with Crippen LogP contribution in [0.25, 0.3) is 70.4 Å². The summed E-state index contributed by atoms with van der Waals surface area (Å²) in [6.07, 6.45) is 0. The number of fused-ring (bicyclic) bond motifs is 24. The Morgan fingerprint density at radius 3 is 1.40 bits per heavy atom. The van der Waals surface area contributed by atoms with Crippen LogP contribution in [0.5, 0.6) is 0 Å². The van der Waals surface area contributed by atoms with Crippen molar-refractivity contribution in [1.82, 2.24) is 4.40 Å². The van der Waals surface area contributed by atoms with E-state index in [0.717, 1.165) is 44.2 Å². The van der Waals surface area contributed by atoms with E-state index in [1.807, 2.05) is 0 Å². The highest BCUT2D eigenvalue weighted by atomic mass is 16.1. The molecule has 0 saturated heterocycles. The summed E-state index contributed by atoms with van der Waals surface area (Å²) in [5.74, 6) is 0.198. The summed E-state index contributed by atoms with van der Waals surface area (Å²) in [7, 11) is 0. The lowest BCUT2D eigenvalue weighted by Crippen LogP contribution is -2.61. The molecule has 0 saturated carbocycles. The van der Waals surface area contributed by atoms with Crippen LogP contribution in [0.1, 0.15) is 100 Å². The van der Waals surface area contributed by atoms with Crippen molar-refractivity contribution in [3.63, 3.8) is 0 Å². The van der Waals surface area contributed by atoms with Crippen LogP contribution in [-0.2, 0) is 10.8 Å². The molecule has 0 aliphatic heterocycles. The van der Waals surface area contributed by atoms with Gasteiger partial charge in [0.15, 0.2) is 11.6 Å². The highest BCUT2D eigenvalue weighted by Gasteiger charge is 2.70. The van der Waals surface area contributed by atoms with Crippen molar-refractivity contribution in [3.05, 3.63) is 243 Å². The number of ketones is 2. The van der Waals surface area contributed by atoms with Crippen LogP contribution in [0.2, 0.25) is 0 Å². The molecule has 0 amide bonds. The number of rotatable bonds is 0. The number of benzene rings is 10. The average Bonchev–Trinajstić information content (AvgIpc) is 3.82. The van der Waals surface area contributed by atoms with E-state index in [1.54, 1.807) is 0 Å². The first kappa shape index (κ1) is 32.7. The van der Waals surface area contributed by atoms with Crippen molar-refractivity contribution in [2.45, 2.75) is 34.5 Å². The van der Waals surface area contributed by atoms with Gasteiger partial charge in [-0.25, -0.2) is 0 Å². The van der Waals surface area contributed by atoms with Gasteiger partial charge in [-0.05, 0) is 118 Å². The van der Waals surface area contributed by atoms with Crippen molar-refractivity contribution in [2.75, 3.05) is 0 Å². The molecular weight excluding hydrogens is 791 g/mol. The molecule has 298 valence electrons. The first-order valence-corrected chi connectivity index (χ1v) is 23.1. The number of Topliss-reactive ketones (excluding diaryl/α,β-unsaturated/α-hetero) is 2. The van der Waals surface area contributed by atoms with Gasteiger partial charge in [0.2, 0.25) is 0 Å². The molecule has 0 fully saturated rings. The van der Waals surface area contributed by atoms with Gasteiger partial charge in [0.25, 0.3) is 0 Å². The van der Waals surface area contributed by atoms with Gasteiger partial charge in [0.1, 0.15) is 0 Å². The topological polar surface area (TPSA) is 38.5 Å². The monoisotopic (exact) mass is 823 g/mol. The number of hydrogen-bond donors (Lipinski definition) is 0. The number of hydrogen-bond acceptors (Lipinski definition) is 2. The molecule has 65 heavy (non-hydrogen) atoms. The quantitative estimate of drug-likeness (QED) is 0.143. The molecule has 12 aromatic rings. The molecule has 3 heteroatoms. The minimum absolute atomic E-state index is 0.0894. The molecular formula is C62H33NO2. The third-order valence-corrected chi connectivity index (χ3v) is 18.0. The minimum atomic E-state index is -0.341. The van der Waals surface area contributed by atoms with Gasteiger partial charge in [-0.3, -0.25) is 9.59 Å². The molecule has 2 aromatic heterocycles. The highest BCUT2D eigenvalue weighted by molar-refractivity contribution is 6.35. The molecule has 3 nitrogen and oxygen atoms in total. The standard InChI is InChI=1S/C62H33NO2/c64-59-44-28-51-40(26-41(44)54-35-13-3-7-17-47(35)61(54)49-19-9-5-15-37(49)56(59)61)43-25-39-33-22-21-30-11-1-2-12-31(30)32(33)23-24-34(39)53-46-27-42-45(29-52(46)63(51)58(43)53)60(65)57-38-16-6-10-20-50(38)62(57)48-18-8-4-14-36(48)55(42)62/h1-29,54-57H. The van der Waals surface area contributed by atoms with Gasteiger partial charge in [0, 0.05) is 55.3 Å². The largest absolute Gasteiger partial charge is 0.308 e. The van der Waals surface area contributed by atoms with Gasteiger partial charge >= 0.3 is 0 Å². The molecule has 6 aliphatic rings. The van der Waals surface area contributed by atoms with Crippen LogP contribution in [0.15, 0.2) is 176 Å².